The first-order valence-corrected chi connectivity index (χ1v) is 7.49. The Morgan fingerprint density at radius 2 is 1.95 bits per heavy atom. The molecule has 110 valence electrons. The average Bonchev–Trinajstić information content (AvgIpc) is 2.49. The molecule has 3 nitrogen and oxygen atoms in total. The molecule has 2 aromatic rings. The molecule has 0 fully saturated rings. The highest BCUT2D eigenvalue weighted by molar-refractivity contribution is 6.35. The Hall–Kier alpha value is -1.58. The Labute approximate surface area is 134 Å². The first-order chi connectivity index (χ1) is 10.0. The Morgan fingerprint density at radius 1 is 1.29 bits per heavy atom. The molecule has 1 unspecified atom stereocenters. The van der Waals surface area contributed by atoms with Gasteiger partial charge in [0.15, 0.2) is 0 Å². The van der Waals surface area contributed by atoms with Crippen LogP contribution in [0.3, 0.4) is 0 Å². The maximum atomic E-state index is 12.2. The monoisotopic (exact) mass is 322 g/mol. The van der Waals surface area contributed by atoms with Gasteiger partial charge in [-0.2, -0.15) is 0 Å². The van der Waals surface area contributed by atoms with Crippen molar-refractivity contribution in [2.45, 2.75) is 26.2 Å². The summed E-state index contributed by atoms with van der Waals surface area (Å²) in [6.45, 7) is 4.32. The van der Waals surface area contributed by atoms with Crippen LogP contribution in [0.4, 0.5) is 5.69 Å². The fourth-order valence-corrected chi connectivity index (χ4v) is 2.26. The van der Waals surface area contributed by atoms with Gasteiger partial charge in [0.25, 0.3) is 5.91 Å². The number of aromatic nitrogens is 1. The third-order valence-electron chi connectivity index (χ3n) is 3.42. The van der Waals surface area contributed by atoms with Crippen molar-refractivity contribution in [3.05, 3.63) is 57.8 Å². The highest BCUT2D eigenvalue weighted by Gasteiger charge is 2.12. The van der Waals surface area contributed by atoms with Gasteiger partial charge in [-0.05, 0) is 36.1 Å². The molecule has 1 atom stereocenters. The number of rotatable bonds is 4. The molecule has 0 saturated heterocycles. The highest BCUT2D eigenvalue weighted by Crippen LogP contribution is 2.22. The van der Waals surface area contributed by atoms with Gasteiger partial charge in [0.2, 0.25) is 0 Å². The maximum absolute atomic E-state index is 12.2. The van der Waals surface area contributed by atoms with E-state index in [1.807, 2.05) is 24.3 Å². The summed E-state index contributed by atoms with van der Waals surface area (Å²) in [6, 6.07) is 9.26. The number of amides is 1. The summed E-state index contributed by atoms with van der Waals surface area (Å²) in [5.41, 5.74) is 2.28. The number of halogens is 2. The average molecular weight is 323 g/mol. The van der Waals surface area contributed by atoms with Crippen LogP contribution >= 0.6 is 23.2 Å². The van der Waals surface area contributed by atoms with E-state index in [1.165, 1.54) is 17.8 Å². The lowest BCUT2D eigenvalue weighted by Gasteiger charge is -2.11. The van der Waals surface area contributed by atoms with Crippen molar-refractivity contribution < 1.29 is 4.79 Å². The zero-order valence-electron chi connectivity index (χ0n) is 11.9. The van der Waals surface area contributed by atoms with E-state index in [4.69, 9.17) is 23.2 Å². The number of carbonyl (C=O) groups excluding carboxylic acids is 1. The Balaban J connectivity index is 2.14. The van der Waals surface area contributed by atoms with E-state index in [2.05, 4.69) is 24.1 Å². The van der Waals surface area contributed by atoms with Crippen molar-refractivity contribution in [1.82, 2.24) is 4.98 Å². The number of pyridine rings is 1. The first kappa shape index (κ1) is 15.8. The molecule has 1 aromatic carbocycles. The van der Waals surface area contributed by atoms with Crippen molar-refractivity contribution in [3.8, 4) is 0 Å². The topological polar surface area (TPSA) is 42.0 Å². The molecule has 0 bridgehead atoms. The van der Waals surface area contributed by atoms with Crippen LogP contribution in [0, 0.1) is 0 Å². The first-order valence-electron chi connectivity index (χ1n) is 6.73. The molecule has 1 N–H and O–H groups in total. The van der Waals surface area contributed by atoms with Gasteiger partial charge < -0.3 is 5.32 Å². The number of nitrogens with zero attached hydrogens (tertiary/aromatic N) is 1. The van der Waals surface area contributed by atoms with Crippen molar-refractivity contribution >= 4 is 34.8 Å². The number of hydrogen-bond acceptors (Lipinski definition) is 2. The number of benzene rings is 1. The Kier molecular flexibility index (Phi) is 5.21. The Bertz CT molecular complexity index is 641. The van der Waals surface area contributed by atoms with E-state index in [0.717, 1.165) is 12.1 Å². The lowest BCUT2D eigenvalue weighted by Crippen LogP contribution is -2.12. The van der Waals surface area contributed by atoms with Crippen molar-refractivity contribution in [1.29, 1.82) is 0 Å². The lowest BCUT2D eigenvalue weighted by atomic mass is 9.98. The van der Waals surface area contributed by atoms with Crippen LogP contribution in [0.5, 0.6) is 0 Å². The quantitative estimate of drug-likeness (QED) is 0.790. The number of anilines is 1. The van der Waals surface area contributed by atoms with Gasteiger partial charge in [-0.3, -0.25) is 4.79 Å². The predicted octanol–water partition coefficient (Wildman–Crippen LogP) is 5.15. The highest BCUT2D eigenvalue weighted by atomic mass is 35.5. The van der Waals surface area contributed by atoms with Crippen LogP contribution in [-0.2, 0) is 0 Å². The van der Waals surface area contributed by atoms with E-state index in [1.54, 1.807) is 0 Å². The second-order valence-corrected chi connectivity index (χ2v) is 5.67. The smallest absolute Gasteiger partial charge is 0.257 e. The molecule has 0 radical (unpaired) electrons. The SMILES string of the molecule is CCC(C)c1ccc(NC(=O)c2cc(Cl)ncc2Cl)cc1. The van der Waals surface area contributed by atoms with Crippen LogP contribution in [0.1, 0.15) is 42.1 Å². The van der Waals surface area contributed by atoms with Gasteiger partial charge in [-0.25, -0.2) is 4.98 Å². The van der Waals surface area contributed by atoms with E-state index in [-0.39, 0.29) is 16.1 Å². The molecular formula is C16H16Cl2N2O. The molecule has 0 aliphatic carbocycles. The molecule has 2 rings (SSSR count). The van der Waals surface area contributed by atoms with Gasteiger partial charge >= 0.3 is 0 Å². The van der Waals surface area contributed by atoms with Gasteiger partial charge in [0.05, 0.1) is 10.6 Å². The van der Waals surface area contributed by atoms with Crippen molar-refractivity contribution in [2.24, 2.45) is 0 Å². The van der Waals surface area contributed by atoms with Crippen LogP contribution in [0.15, 0.2) is 36.5 Å². The van der Waals surface area contributed by atoms with Gasteiger partial charge in [0.1, 0.15) is 5.15 Å². The molecule has 5 heteroatoms. The standard InChI is InChI=1S/C16H16Cl2N2O/c1-3-10(2)11-4-6-12(7-5-11)20-16(21)13-8-15(18)19-9-14(13)17/h4-10H,3H2,1-2H3,(H,20,21). The summed E-state index contributed by atoms with van der Waals surface area (Å²) in [5.74, 6) is 0.198. The van der Waals surface area contributed by atoms with E-state index >= 15 is 0 Å². The van der Waals surface area contributed by atoms with Gasteiger partial charge in [-0.1, -0.05) is 49.2 Å². The summed E-state index contributed by atoms with van der Waals surface area (Å²) >= 11 is 11.7. The van der Waals surface area contributed by atoms with Crippen molar-refractivity contribution in [3.63, 3.8) is 0 Å². The Morgan fingerprint density at radius 3 is 2.57 bits per heavy atom. The third kappa shape index (κ3) is 3.96. The van der Waals surface area contributed by atoms with Crippen LogP contribution < -0.4 is 5.32 Å². The van der Waals surface area contributed by atoms with E-state index in [0.29, 0.717) is 11.5 Å². The molecule has 1 heterocycles. The molecule has 0 aliphatic rings. The summed E-state index contributed by atoms with van der Waals surface area (Å²) in [6.07, 6.45) is 2.45. The third-order valence-corrected chi connectivity index (χ3v) is 3.92. The molecule has 0 saturated carbocycles. The fourth-order valence-electron chi connectivity index (χ4n) is 1.92. The number of hydrogen-bond donors (Lipinski definition) is 1. The largest absolute Gasteiger partial charge is 0.322 e. The molecule has 21 heavy (non-hydrogen) atoms. The minimum absolute atomic E-state index is 0.233. The second kappa shape index (κ2) is 6.92. The molecule has 1 amide bonds. The van der Waals surface area contributed by atoms with Gasteiger partial charge in [0, 0.05) is 11.9 Å². The van der Waals surface area contributed by atoms with E-state index in [9.17, 15) is 4.79 Å². The lowest BCUT2D eigenvalue weighted by molar-refractivity contribution is 0.102. The summed E-state index contributed by atoms with van der Waals surface area (Å²) in [4.78, 5) is 16.0. The number of carbonyl (C=O) groups is 1. The molecule has 0 spiro atoms. The van der Waals surface area contributed by atoms with E-state index < -0.39 is 0 Å². The summed E-state index contributed by atoms with van der Waals surface area (Å²) in [5, 5.41) is 3.31. The zero-order chi connectivity index (χ0) is 15.4. The number of nitrogens with one attached hydrogen (secondary N) is 1. The minimum Gasteiger partial charge on any atom is -0.322 e. The normalized spacial score (nSPS) is 12.0. The minimum atomic E-state index is -0.305. The summed E-state index contributed by atoms with van der Waals surface area (Å²) in [7, 11) is 0. The van der Waals surface area contributed by atoms with Gasteiger partial charge in [-0.15, -0.1) is 0 Å². The second-order valence-electron chi connectivity index (χ2n) is 4.87. The maximum Gasteiger partial charge on any atom is 0.257 e. The summed E-state index contributed by atoms with van der Waals surface area (Å²) < 4.78 is 0. The molecular weight excluding hydrogens is 307 g/mol. The van der Waals surface area contributed by atoms with Crippen molar-refractivity contribution in [2.75, 3.05) is 5.32 Å². The fraction of sp³-hybridized carbons (Fsp3) is 0.250. The molecule has 1 aromatic heterocycles. The zero-order valence-corrected chi connectivity index (χ0v) is 13.4. The van der Waals surface area contributed by atoms with Crippen LogP contribution in [0.25, 0.3) is 0 Å². The van der Waals surface area contributed by atoms with Crippen LogP contribution in [-0.4, -0.2) is 10.9 Å². The predicted molar refractivity (Wildman–Crippen MR) is 87.4 cm³/mol. The molecule has 0 aliphatic heterocycles. The van der Waals surface area contributed by atoms with Crippen LogP contribution in [0.2, 0.25) is 10.2 Å².